The molecule has 0 heterocycles. The Balaban J connectivity index is -0.0000000277. The fourth-order valence-electron chi connectivity index (χ4n) is 0. The largest absolute Gasteiger partial charge is 3.00 e. The molecule has 96 valence electrons. The first kappa shape index (κ1) is 36.9. The Labute approximate surface area is 164 Å². The van der Waals surface area contributed by atoms with Crippen LogP contribution in [-0.2, 0) is 31.2 Å². The van der Waals surface area contributed by atoms with E-state index < -0.39 is 31.2 Å². The predicted octanol–water partition coefficient (Wildman–Crippen LogP) is -7.77. The fraction of sp³-hybridized carbons (Fsp3) is 0. The van der Waals surface area contributed by atoms with Crippen LogP contribution in [0.15, 0.2) is 0 Å². The minimum absolute atomic E-state index is 0. The van der Waals surface area contributed by atoms with Crippen LogP contribution >= 0.6 is 0 Å². The number of hydrogen-bond donors (Lipinski definition) is 0. The smallest absolute Gasteiger partial charge is 0.759 e. The van der Waals surface area contributed by atoms with Crippen molar-refractivity contribution >= 4 is 62.7 Å². The monoisotopic (exact) mass is 362 g/mol. The van der Waals surface area contributed by atoms with E-state index in [1.54, 1.807) is 0 Å². The van der Waals surface area contributed by atoms with Gasteiger partial charge in [-0.3, -0.25) is 25.3 Å². The van der Waals surface area contributed by atoms with Crippen LogP contribution in [0.4, 0.5) is 0 Å². The normalized spacial score (nSPS) is 9.67. The van der Waals surface area contributed by atoms with E-state index in [4.69, 9.17) is 52.6 Å². The average Bonchev–Trinajstić information content (AvgIpc) is 1.41. The van der Waals surface area contributed by atoms with Crippen molar-refractivity contribution in [3.05, 3.63) is 0 Å². The second kappa shape index (κ2) is 15.5. The molecule has 0 fully saturated rings. The standard InChI is InChI=1S/B.K.Mg.3H2O4S/c;;;3*1-5(2,3)4/h;;;3*(H2,1,2,3,4)/q+3;+1;+2;;;/p-6. The maximum atomic E-state index is 8.52. The molecule has 0 radical (unpaired) electrons. The molecular weight excluding hydrogens is 362 g/mol. The summed E-state index contributed by atoms with van der Waals surface area (Å²) in [6.07, 6.45) is 0. The quantitative estimate of drug-likeness (QED) is 0.221. The molecule has 0 aliphatic carbocycles. The van der Waals surface area contributed by atoms with E-state index in [-0.39, 0.29) is 82.9 Å². The third-order valence-corrected chi connectivity index (χ3v) is 0. The van der Waals surface area contributed by atoms with E-state index in [1.165, 1.54) is 0 Å². The van der Waals surface area contributed by atoms with Crippen molar-refractivity contribution in [2.24, 2.45) is 0 Å². The first-order valence-electron chi connectivity index (χ1n) is 2.00. The van der Waals surface area contributed by atoms with Gasteiger partial charge >= 0.3 is 82.9 Å². The zero-order chi connectivity index (χ0) is 13.5. The molecule has 0 bridgehead atoms. The molecule has 0 spiro atoms. The summed E-state index contributed by atoms with van der Waals surface area (Å²) >= 11 is 0. The first-order chi connectivity index (χ1) is 6.00. The van der Waals surface area contributed by atoms with Crippen molar-refractivity contribution in [2.45, 2.75) is 0 Å². The van der Waals surface area contributed by atoms with E-state index in [0.29, 0.717) is 0 Å². The molecule has 18 heavy (non-hydrogen) atoms. The van der Waals surface area contributed by atoms with Gasteiger partial charge < -0.3 is 27.3 Å². The van der Waals surface area contributed by atoms with Crippen molar-refractivity contribution in [1.29, 1.82) is 0 Å². The van der Waals surface area contributed by atoms with Gasteiger partial charge in [0, 0.05) is 31.2 Å². The van der Waals surface area contributed by atoms with E-state index >= 15 is 0 Å². The molecule has 0 aliphatic heterocycles. The molecule has 0 amide bonds. The van der Waals surface area contributed by atoms with Crippen LogP contribution in [0, 0.1) is 0 Å². The zero-order valence-electron chi connectivity index (χ0n) is 8.41. The average molecular weight is 362 g/mol. The molecule has 0 saturated carbocycles. The summed E-state index contributed by atoms with van der Waals surface area (Å²) in [6, 6.07) is 0. The van der Waals surface area contributed by atoms with Gasteiger partial charge in [0.1, 0.15) is 0 Å². The van der Waals surface area contributed by atoms with Gasteiger partial charge in [-0.1, -0.05) is 0 Å². The van der Waals surface area contributed by atoms with Crippen LogP contribution in [0.1, 0.15) is 0 Å². The summed E-state index contributed by atoms with van der Waals surface area (Å²) < 4.78 is 102. The third kappa shape index (κ3) is 1220. The minimum atomic E-state index is -5.17. The zero-order valence-corrected chi connectivity index (χ0v) is 15.4. The Morgan fingerprint density at radius 3 is 0.500 bits per heavy atom. The van der Waals surface area contributed by atoms with Crippen molar-refractivity contribution < 1.29 is 104 Å². The van der Waals surface area contributed by atoms with Gasteiger partial charge in [0.25, 0.3) is 0 Å². The maximum Gasteiger partial charge on any atom is 3.00 e. The summed E-state index contributed by atoms with van der Waals surface area (Å²) in [6.45, 7) is 0. The SMILES string of the molecule is O=S(=O)([O-])[O-].O=S(=O)([O-])[O-].O=S(=O)([O-])[O-].[B+3].[K+].[Mg+2]. The minimum Gasteiger partial charge on any atom is -0.759 e. The summed E-state index contributed by atoms with van der Waals surface area (Å²) in [5, 5.41) is 0. The Kier molecular flexibility index (Phi) is 31.7. The number of rotatable bonds is 0. The van der Waals surface area contributed by atoms with E-state index in [2.05, 4.69) is 0 Å². The molecule has 12 nitrogen and oxygen atoms in total. The molecule has 0 aromatic rings. The van der Waals surface area contributed by atoms with Crippen molar-refractivity contribution in [2.75, 3.05) is 0 Å². The summed E-state index contributed by atoms with van der Waals surface area (Å²) in [5.74, 6) is 0. The Morgan fingerprint density at radius 2 is 0.500 bits per heavy atom. The fourth-order valence-corrected chi connectivity index (χ4v) is 0. The van der Waals surface area contributed by atoms with Crippen molar-refractivity contribution in [1.82, 2.24) is 0 Å². The Hall–Kier alpha value is 2.08. The molecule has 0 rings (SSSR count). The molecular formula is BKMgO12S3. The predicted molar refractivity (Wildman–Crippen MR) is 42.9 cm³/mol. The van der Waals surface area contributed by atoms with Gasteiger partial charge in [-0.15, -0.1) is 0 Å². The van der Waals surface area contributed by atoms with Crippen molar-refractivity contribution in [3.8, 4) is 0 Å². The molecule has 0 aliphatic rings. The van der Waals surface area contributed by atoms with Crippen LogP contribution in [0.5, 0.6) is 0 Å². The van der Waals surface area contributed by atoms with Gasteiger partial charge in [-0.25, -0.2) is 0 Å². The first-order valence-corrected chi connectivity index (χ1v) is 6.00. The van der Waals surface area contributed by atoms with E-state index in [0.717, 1.165) is 0 Å². The second-order valence-corrected chi connectivity index (χ2v) is 3.67. The summed E-state index contributed by atoms with van der Waals surface area (Å²) in [4.78, 5) is 0. The van der Waals surface area contributed by atoms with Crippen LogP contribution in [-0.4, -0.2) is 84.0 Å². The van der Waals surface area contributed by atoms with E-state index in [9.17, 15) is 0 Å². The van der Waals surface area contributed by atoms with E-state index in [1.807, 2.05) is 0 Å². The van der Waals surface area contributed by atoms with Crippen LogP contribution < -0.4 is 51.4 Å². The molecule has 0 N–H and O–H groups in total. The Bertz CT molecular complexity index is 348. The maximum absolute atomic E-state index is 8.52. The molecule has 18 heteroatoms. The van der Waals surface area contributed by atoms with Crippen LogP contribution in [0.25, 0.3) is 0 Å². The van der Waals surface area contributed by atoms with Gasteiger partial charge in [0.05, 0.1) is 0 Å². The molecule has 0 unspecified atom stereocenters. The second-order valence-electron chi connectivity index (χ2n) is 1.22. The van der Waals surface area contributed by atoms with Crippen LogP contribution in [0.2, 0.25) is 0 Å². The van der Waals surface area contributed by atoms with Gasteiger partial charge in [-0.05, 0) is 0 Å². The molecule has 0 aromatic heterocycles. The van der Waals surface area contributed by atoms with Gasteiger partial charge in [0.15, 0.2) is 0 Å². The molecule has 0 saturated heterocycles. The van der Waals surface area contributed by atoms with Gasteiger partial charge in [0.2, 0.25) is 0 Å². The van der Waals surface area contributed by atoms with Gasteiger partial charge in [-0.2, -0.15) is 0 Å². The molecule has 0 aromatic carbocycles. The van der Waals surface area contributed by atoms with Crippen LogP contribution in [0.3, 0.4) is 0 Å². The Morgan fingerprint density at radius 1 is 0.500 bits per heavy atom. The summed E-state index contributed by atoms with van der Waals surface area (Å²) in [5.41, 5.74) is 0. The molecule has 0 atom stereocenters. The summed E-state index contributed by atoms with van der Waals surface area (Å²) in [7, 11) is -15.5. The van der Waals surface area contributed by atoms with Crippen molar-refractivity contribution in [3.63, 3.8) is 0 Å². The topological polar surface area (TPSA) is 241 Å². The number of hydrogen-bond acceptors (Lipinski definition) is 12. The third-order valence-electron chi connectivity index (χ3n) is 0.